The first-order valence-corrected chi connectivity index (χ1v) is 12.3. The fourth-order valence-corrected chi connectivity index (χ4v) is 4.79. The number of fused-ring (bicyclic) bond motifs is 2. The molecule has 1 aliphatic heterocycles. The second-order valence-corrected chi connectivity index (χ2v) is 9.42. The van der Waals surface area contributed by atoms with Crippen LogP contribution in [0.2, 0.25) is 0 Å². The molecule has 0 saturated heterocycles. The van der Waals surface area contributed by atoms with Crippen LogP contribution >= 0.6 is 11.8 Å². The topological polar surface area (TPSA) is 73.3 Å². The highest BCUT2D eigenvalue weighted by molar-refractivity contribution is 8.00. The van der Waals surface area contributed by atoms with Crippen molar-refractivity contribution in [3.05, 3.63) is 89.0 Å². The van der Waals surface area contributed by atoms with Gasteiger partial charge >= 0.3 is 0 Å². The van der Waals surface area contributed by atoms with E-state index in [1.807, 2.05) is 67.6 Å². The van der Waals surface area contributed by atoms with E-state index in [2.05, 4.69) is 18.3 Å². The molecule has 35 heavy (non-hydrogen) atoms. The number of rotatable bonds is 6. The average Bonchev–Trinajstić information content (AvgIpc) is 2.86. The molecule has 4 aromatic rings. The Hall–Kier alpha value is -3.84. The molecule has 0 aliphatic carbocycles. The van der Waals surface area contributed by atoms with Crippen molar-refractivity contribution in [3.8, 4) is 28.8 Å². The van der Waals surface area contributed by atoms with E-state index < -0.39 is 0 Å². The smallest absolute Gasteiger partial charge is 0.234 e. The van der Waals surface area contributed by atoms with Crippen LogP contribution in [0.15, 0.2) is 71.8 Å². The minimum atomic E-state index is -0.0908. The van der Waals surface area contributed by atoms with Crippen molar-refractivity contribution in [1.29, 1.82) is 0 Å². The van der Waals surface area contributed by atoms with E-state index in [1.165, 1.54) is 17.3 Å². The highest BCUT2D eigenvalue weighted by atomic mass is 32.2. The Morgan fingerprint density at radius 1 is 1.03 bits per heavy atom. The highest BCUT2D eigenvalue weighted by Crippen LogP contribution is 2.40. The van der Waals surface area contributed by atoms with Crippen LogP contribution in [-0.4, -0.2) is 28.7 Å². The third-order valence-corrected chi connectivity index (χ3v) is 6.73. The number of nitrogens with one attached hydrogen (secondary N) is 1. The van der Waals surface area contributed by atoms with Crippen molar-refractivity contribution >= 4 is 23.4 Å². The van der Waals surface area contributed by atoms with E-state index in [1.54, 1.807) is 7.11 Å². The fraction of sp³-hybridized carbons (Fsp3) is 0.179. The van der Waals surface area contributed by atoms with Crippen molar-refractivity contribution in [2.75, 3.05) is 18.2 Å². The second kappa shape index (κ2) is 9.80. The van der Waals surface area contributed by atoms with Crippen molar-refractivity contribution in [1.82, 2.24) is 9.97 Å². The van der Waals surface area contributed by atoms with Crippen LogP contribution < -0.4 is 14.8 Å². The molecule has 0 bridgehead atoms. The Morgan fingerprint density at radius 3 is 2.60 bits per heavy atom. The summed E-state index contributed by atoms with van der Waals surface area (Å²) in [6, 6.07) is 21.5. The zero-order valence-corrected chi connectivity index (χ0v) is 20.6. The molecule has 0 fully saturated rings. The first kappa shape index (κ1) is 22.9. The summed E-state index contributed by atoms with van der Waals surface area (Å²) in [7, 11) is 1.63. The average molecular weight is 484 g/mol. The summed E-state index contributed by atoms with van der Waals surface area (Å²) in [6.07, 6.45) is 0.650. The maximum absolute atomic E-state index is 12.7. The standard InChI is InChI=1S/C28H25N3O3S/c1-17-5-4-6-21(14-17)29-25(32)16-35-28-23-15-20-13-18(2)7-12-24(20)34-27(23)30-26(31-28)19-8-10-22(33-3)11-9-19/h4-14H,15-16H2,1-3H3,(H,29,32). The molecular formula is C28H25N3O3S. The van der Waals surface area contributed by atoms with Gasteiger partial charge in [-0.05, 0) is 67.4 Å². The Balaban J connectivity index is 1.45. The van der Waals surface area contributed by atoms with Gasteiger partial charge in [-0.2, -0.15) is 4.98 Å². The number of carbonyl (C=O) groups is 1. The van der Waals surface area contributed by atoms with Gasteiger partial charge in [0.05, 0.1) is 18.4 Å². The molecular weight excluding hydrogens is 458 g/mol. The number of hydrogen-bond donors (Lipinski definition) is 1. The first-order valence-electron chi connectivity index (χ1n) is 11.3. The predicted molar refractivity (Wildman–Crippen MR) is 139 cm³/mol. The normalized spacial score (nSPS) is 11.7. The van der Waals surface area contributed by atoms with Gasteiger partial charge in [0, 0.05) is 17.7 Å². The number of aryl methyl sites for hydroxylation is 2. The van der Waals surface area contributed by atoms with Crippen molar-refractivity contribution in [2.45, 2.75) is 25.3 Å². The quantitative estimate of drug-likeness (QED) is 0.229. The molecule has 1 amide bonds. The second-order valence-electron chi connectivity index (χ2n) is 8.46. The maximum atomic E-state index is 12.7. The minimum Gasteiger partial charge on any atom is -0.497 e. The van der Waals surface area contributed by atoms with E-state index in [-0.39, 0.29) is 11.7 Å². The van der Waals surface area contributed by atoms with Gasteiger partial charge in [0.2, 0.25) is 11.8 Å². The number of benzene rings is 3. The zero-order chi connectivity index (χ0) is 24.4. The molecule has 3 aromatic carbocycles. The van der Waals surface area contributed by atoms with Crippen LogP contribution in [0.25, 0.3) is 11.4 Å². The number of anilines is 1. The van der Waals surface area contributed by atoms with Crippen molar-refractivity contribution < 1.29 is 14.3 Å². The maximum Gasteiger partial charge on any atom is 0.234 e. The fourth-order valence-electron chi connectivity index (χ4n) is 3.96. The molecule has 1 aliphatic rings. The number of amides is 1. The SMILES string of the molecule is COc1ccc(-c2nc3c(c(SCC(=O)Nc4cccc(C)c4)n2)Cc2cc(C)ccc2O3)cc1. The van der Waals surface area contributed by atoms with E-state index in [9.17, 15) is 4.79 Å². The first-order chi connectivity index (χ1) is 17.0. The summed E-state index contributed by atoms with van der Waals surface area (Å²) in [5.74, 6) is 2.77. The van der Waals surface area contributed by atoms with Crippen molar-refractivity contribution in [3.63, 3.8) is 0 Å². The molecule has 0 radical (unpaired) electrons. The summed E-state index contributed by atoms with van der Waals surface area (Å²) in [5.41, 5.74) is 5.87. The molecule has 0 unspecified atom stereocenters. The van der Waals surface area contributed by atoms with Crippen LogP contribution in [0.5, 0.6) is 17.4 Å². The number of carbonyl (C=O) groups excluding carboxylic acids is 1. The minimum absolute atomic E-state index is 0.0908. The molecule has 1 N–H and O–H groups in total. The Morgan fingerprint density at radius 2 is 1.83 bits per heavy atom. The Labute approximate surface area is 208 Å². The highest BCUT2D eigenvalue weighted by Gasteiger charge is 2.25. The van der Waals surface area contributed by atoms with Crippen molar-refractivity contribution in [2.24, 2.45) is 0 Å². The zero-order valence-electron chi connectivity index (χ0n) is 19.8. The van der Waals surface area contributed by atoms with Gasteiger partial charge in [0.25, 0.3) is 0 Å². The molecule has 2 heterocycles. The third-order valence-electron chi connectivity index (χ3n) is 5.71. The lowest BCUT2D eigenvalue weighted by molar-refractivity contribution is -0.113. The third kappa shape index (κ3) is 5.15. The predicted octanol–water partition coefficient (Wildman–Crippen LogP) is 6.20. The monoisotopic (exact) mass is 483 g/mol. The molecule has 0 atom stereocenters. The number of ether oxygens (including phenoxy) is 2. The number of thioether (sulfide) groups is 1. The summed E-state index contributed by atoms with van der Waals surface area (Å²) in [4.78, 5) is 22.3. The number of nitrogens with zero attached hydrogens (tertiary/aromatic N) is 2. The van der Waals surface area contributed by atoms with Gasteiger partial charge in [-0.1, -0.05) is 41.6 Å². The molecule has 0 spiro atoms. The van der Waals surface area contributed by atoms with Gasteiger partial charge in [-0.3, -0.25) is 4.79 Å². The van der Waals surface area contributed by atoms with Crippen LogP contribution in [0.1, 0.15) is 22.3 Å². The van der Waals surface area contributed by atoms with Gasteiger partial charge in [-0.15, -0.1) is 0 Å². The van der Waals surface area contributed by atoms with Crippen LogP contribution in [0, 0.1) is 13.8 Å². The van der Waals surface area contributed by atoms with Gasteiger partial charge < -0.3 is 14.8 Å². The van der Waals surface area contributed by atoms with Gasteiger partial charge in [-0.25, -0.2) is 4.98 Å². The molecule has 6 nitrogen and oxygen atoms in total. The Kier molecular flexibility index (Phi) is 6.42. The number of hydrogen-bond acceptors (Lipinski definition) is 6. The molecule has 0 saturated carbocycles. The van der Waals surface area contributed by atoms with E-state index in [4.69, 9.17) is 19.4 Å². The van der Waals surface area contributed by atoms with E-state index in [0.717, 1.165) is 44.5 Å². The lowest BCUT2D eigenvalue weighted by atomic mass is 10.0. The Bertz CT molecular complexity index is 1400. The summed E-state index contributed by atoms with van der Waals surface area (Å²) in [5, 5.41) is 3.71. The van der Waals surface area contributed by atoms with Crippen LogP contribution in [-0.2, 0) is 11.2 Å². The van der Waals surface area contributed by atoms with Gasteiger partial charge in [0.1, 0.15) is 16.5 Å². The van der Waals surface area contributed by atoms with Crippen LogP contribution in [0.3, 0.4) is 0 Å². The number of aromatic nitrogens is 2. The largest absolute Gasteiger partial charge is 0.497 e. The van der Waals surface area contributed by atoms with Crippen LogP contribution in [0.4, 0.5) is 5.69 Å². The lowest BCUT2D eigenvalue weighted by Crippen LogP contribution is -2.15. The van der Waals surface area contributed by atoms with E-state index >= 15 is 0 Å². The summed E-state index contributed by atoms with van der Waals surface area (Å²) in [6.45, 7) is 4.06. The molecule has 7 heteroatoms. The summed E-state index contributed by atoms with van der Waals surface area (Å²) < 4.78 is 11.5. The molecule has 1 aromatic heterocycles. The van der Waals surface area contributed by atoms with E-state index in [0.29, 0.717) is 18.1 Å². The number of methoxy groups -OCH3 is 1. The lowest BCUT2D eigenvalue weighted by Gasteiger charge is -2.22. The summed E-state index contributed by atoms with van der Waals surface area (Å²) >= 11 is 1.39. The molecule has 176 valence electrons. The van der Waals surface area contributed by atoms with Gasteiger partial charge in [0.15, 0.2) is 5.82 Å². The molecule has 5 rings (SSSR count).